The lowest BCUT2D eigenvalue weighted by molar-refractivity contribution is 0.590. The maximum atomic E-state index is 4.54. The first-order valence-corrected chi connectivity index (χ1v) is 26.3. The third kappa shape index (κ3) is 7.83. The summed E-state index contributed by atoms with van der Waals surface area (Å²) in [6, 6.07) is 47.9. The van der Waals surface area contributed by atoms with E-state index in [1.54, 1.807) is 0 Å². The van der Waals surface area contributed by atoms with Crippen molar-refractivity contribution in [1.82, 2.24) is 13.7 Å². The van der Waals surface area contributed by atoms with Crippen molar-refractivity contribution in [1.29, 1.82) is 0 Å². The first-order chi connectivity index (χ1) is 32.4. The van der Waals surface area contributed by atoms with Crippen LogP contribution in [0.25, 0.3) is 82.5 Å². The van der Waals surface area contributed by atoms with Gasteiger partial charge in [0, 0.05) is 32.3 Å². The van der Waals surface area contributed by atoms with E-state index in [0.29, 0.717) is 0 Å². The van der Waals surface area contributed by atoms with Gasteiger partial charge in [0.2, 0.25) is 0 Å². The number of rotatable bonds is 3. The molecule has 360 valence electrons. The Balaban J connectivity index is 1.40. The molecular weight excluding hydrogens is 915 g/mol. The number of fused-ring (bicyclic) bond motifs is 9. The van der Waals surface area contributed by atoms with Gasteiger partial charge in [0.25, 0.3) is 0 Å². The molecule has 0 aliphatic carbocycles. The van der Waals surface area contributed by atoms with Crippen molar-refractivity contribution in [3.8, 4) is 17.1 Å². The van der Waals surface area contributed by atoms with E-state index < -0.39 is 0 Å². The maximum Gasteiger partial charge on any atom is 0.0868 e. The number of nitrogens with zero attached hydrogens (tertiary/aromatic N) is 3. The zero-order valence-corrected chi connectivity index (χ0v) is 46.9. The van der Waals surface area contributed by atoms with Crippen molar-refractivity contribution in [3.63, 3.8) is 0 Å². The third-order valence-electron chi connectivity index (χ3n) is 15.3. The fraction of sp³-hybridized carbons (Fsp3) is 0.364. The molecule has 10 aromatic rings. The van der Waals surface area contributed by atoms with Crippen molar-refractivity contribution < 1.29 is 0 Å². The molecule has 0 bridgehead atoms. The minimum Gasteiger partial charge on any atom is -0.308 e. The zero-order chi connectivity index (χ0) is 50.6. The fourth-order valence-electron chi connectivity index (χ4n) is 10.7. The van der Waals surface area contributed by atoms with Crippen LogP contribution in [0.15, 0.2) is 126 Å². The highest BCUT2D eigenvalue weighted by molar-refractivity contribution is 9.10. The lowest BCUT2D eigenvalue weighted by atomic mass is 9.85. The lowest BCUT2D eigenvalue weighted by Gasteiger charge is -2.23. The molecular formula is C66H74BrN3. The van der Waals surface area contributed by atoms with Crippen molar-refractivity contribution in [2.75, 3.05) is 0 Å². The second kappa shape index (κ2) is 15.7. The van der Waals surface area contributed by atoms with Crippen LogP contribution in [-0.4, -0.2) is 13.7 Å². The smallest absolute Gasteiger partial charge is 0.0868 e. The van der Waals surface area contributed by atoms with Gasteiger partial charge in [0.05, 0.1) is 54.6 Å². The van der Waals surface area contributed by atoms with E-state index in [4.69, 9.17) is 0 Å². The summed E-state index contributed by atoms with van der Waals surface area (Å²) in [4.78, 5) is 0. The average molecular weight is 989 g/mol. The Labute approximate surface area is 426 Å². The van der Waals surface area contributed by atoms with E-state index in [1.165, 1.54) is 98.8 Å². The summed E-state index contributed by atoms with van der Waals surface area (Å²) < 4.78 is 8.67. The van der Waals surface area contributed by atoms with Crippen molar-refractivity contribution in [2.24, 2.45) is 0 Å². The molecule has 0 spiro atoms. The molecule has 0 saturated heterocycles. The van der Waals surface area contributed by atoms with E-state index >= 15 is 0 Å². The maximum absolute atomic E-state index is 4.54. The summed E-state index contributed by atoms with van der Waals surface area (Å²) in [5.74, 6) is 0. The highest BCUT2D eigenvalue weighted by Gasteiger charge is 2.29. The minimum atomic E-state index is -0.0209. The van der Waals surface area contributed by atoms with Crippen LogP contribution in [0.3, 0.4) is 0 Å². The first-order valence-electron chi connectivity index (χ1n) is 25.5. The molecule has 0 atom stereocenters. The Morgan fingerprint density at radius 1 is 0.257 bits per heavy atom. The molecule has 0 aliphatic heterocycles. The average Bonchev–Trinajstić information content (AvgIpc) is 3.88. The monoisotopic (exact) mass is 988 g/mol. The lowest BCUT2D eigenvalue weighted by Crippen LogP contribution is -2.11. The molecule has 0 radical (unpaired) electrons. The van der Waals surface area contributed by atoms with Gasteiger partial charge in [-0.25, -0.2) is 0 Å². The second-order valence-corrected chi connectivity index (χ2v) is 27.5. The molecule has 0 amide bonds. The number of halogens is 1. The first kappa shape index (κ1) is 48.1. The minimum absolute atomic E-state index is 0.000496. The standard InChI is InChI=1S/C66H74BrN3/c1-61(2,3)39-19-25-51-45(33-39)46-34-40(62(4,5)6)20-26-52(46)68(51)57-31-32-58(69-53-27-21-41(63(7,8)9)35-47(53)48-36-42(64(10,11)12)22-28-54(48)69)60(59(57)67)70-55-29-23-43(65(13,14)15)37-49(55)50-38-44(66(16,17)18)24-30-56(50)70/h19-38H,1-18H3. The topological polar surface area (TPSA) is 14.8 Å². The predicted octanol–water partition coefficient (Wildman–Crippen LogP) is 19.5. The van der Waals surface area contributed by atoms with Crippen LogP contribution in [-0.2, 0) is 32.5 Å². The zero-order valence-electron chi connectivity index (χ0n) is 45.3. The SMILES string of the molecule is CC(C)(C)c1ccc2c(c1)c1cc(C(C)(C)C)ccc1n2-c1ccc(-n2c3ccc(C(C)(C)C)cc3c3cc(C(C)(C)C)ccc32)c(-n2c3ccc(C(C)(C)C)cc3c3cc(C(C)(C)C)ccc32)c1Br. The van der Waals surface area contributed by atoms with Gasteiger partial charge < -0.3 is 13.7 Å². The van der Waals surface area contributed by atoms with E-state index in [2.05, 4.69) is 276 Å². The molecule has 10 rings (SSSR count). The molecule has 7 aromatic carbocycles. The van der Waals surface area contributed by atoms with E-state index in [1.807, 2.05) is 0 Å². The van der Waals surface area contributed by atoms with Crippen LogP contribution in [0.1, 0.15) is 158 Å². The summed E-state index contributed by atoms with van der Waals surface area (Å²) in [7, 11) is 0. The van der Waals surface area contributed by atoms with Crippen LogP contribution >= 0.6 is 15.9 Å². The van der Waals surface area contributed by atoms with Crippen molar-refractivity contribution in [3.05, 3.63) is 159 Å². The van der Waals surface area contributed by atoms with Gasteiger partial charge in [-0.15, -0.1) is 0 Å². The van der Waals surface area contributed by atoms with Crippen LogP contribution in [0.5, 0.6) is 0 Å². The van der Waals surface area contributed by atoms with Gasteiger partial charge in [0.1, 0.15) is 0 Å². The van der Waals surface area contributed by atoms with E-state index in [9.17, 15) is 0 Å². The van der Waals surface area contributed by atoms with Crippen LogP contribution in [0.2, 0.25) is 0 Å². The molecule has 70 heavy (non-hydrogen) atoms. The van der Waals surface area contributed by atoms with E-state index in [0.717, 1.165) is 21.5 Å². The molecule has 0 fully saturated rings. The predicted molar refractivity (Wildman–Crippen MR) is 309 cm³/mol. The molecule has 4 heteroatoms. The van der Waals surface area contributed by atoms with Crippen molar-refractivity contribution in [2.45, 2.75) is 157 Å². The summed E-state index contributed by atoms with van der Waals surface area (Å²) >= 11 is 4.54. The normalized spacial score (nSPS) is 13.6. The highest BCUT2D eigenvalue weighted by Crippen LogP contribution is 2.47. The Bertz CT molecular complexity index is 3550. The Hall–Kier alpha value is -5.58. The van der Waals surface area contributed by atoms with Crippen LogP contribution in [0.4, 0.5) is 0 Å². The largest absolute Gasteiger partial charge is 0.308 e. The number of hydrogen-bond acceptors (Lipinski definition) is 0. The quantitative estimate of drug-likeness (QED) is 0.168. The summed E-state index contributed by atoms with van der Waals surface area (Å²) in [6.45, 7) is 41.8. The molecule has 0 saturated carbocycles. The third-order valence-corrected chi connectivity index (χ3v) is 16.1. The molecule has 3 heterocycles. The summed E-state index contributed by atoms with van der Waals surface area (Å²) in [5.41, 5.74) is 18.4. The molecule has 3 aromatic heterocycles. The Morgan fingerprint density at radius 2 is 0.457 bits per heavy atom. The van der Waals surface area contributed by atoms with Gasteiger partial charge in [-0.2, -0.15) is 0 Å². The highest BCUT2D eigenvalue weighted by atomic mass is 79.9. The van der Waals surface area contributed by atoms with Gasteiger partial charge >= 0.3 is 0 Å². The van der Waals surface area contributed by atoms with Crippen molar-refractivity contribution >= 4 is 81.3 Å². The fourth-order valence-corrected chi connectivity index (χ4v) is 11.4. The summed E-state index contributed by atoms with van der Waals surface area (Å²) in [6.07, 6.45) is 0. The molecule has 0 unspecified atom stereocenters. The Morgan fingerprint density at radius 3 is 0.686 bits per heavy atom. The van der Waals surface area contributed by atoms with Gasteiger partial charge in [-0.3, -0.25) is 0 Å². The van der Waals surface area contributed by atoms with Gasteiger partial charge in [-0.05, 0) is 167 Å². The second-order valence-electron chi connectivity index (χ2n) is 26.7. The number of hydrogen-bond donors (Lipinski definition) is 0. The van der Waals surface area contributed by atoms with Gasteiger partial charge in [-0.1, -0.05) is 161 Å². The number of aromatic nitrogens is 3. The van der Waals surface area contributed by atoms with Crippen LogP contribution in [0, 0.1) is 0 Å². The molecule has 3 nitrogen and oxygen atoms in total. The summed E-state index contributed by atoms with van der Waals surface area (Å²) in [5, 5.41) is 7.64. The molecule has 0 aliphatic rings. The van der Waals surface area contributed by atoms with Gasteiger partial charge in [0.15, 0.2) is 0 Å². The molecule has 0 N–H and O–H groups in total. The van der Waals surface area contributed by atoms with E-state index in [-0.39, 0.29) is 32.5 Å². The number of benzene rings is 7. The Kier molecular flexibility index (Phi) is 10.8. The van der Waals surface area contributed by atoms with Crippen LogP contribution < -0.4 is 0 Å².